The zero-order chi connectivity index (χ0) is 20.0. The third-order valence-corrected chi connectivity index (χ3v) is 3.50. The number of halogens is 5. The van der Waals surface area contributed by atoms with E-state index in [2.05, 4.69) is 20.4 Å². The summed E-state index contributed by atoms with van der Waals surface area (Å²) >= 11 is 11.5. The fourth-order valence-electron chi connectivity index (χ4n) is 1.81. The van der Waals surface area contributed by atoms with Crippen LogP contribution in [0.2, 0.25) is 10.0 Å². The number of hydrogen-bond acceptors (Lipinski definition) is 4. The van der Waals surface area contributed by atoms with Gasteiger partial charge in [-0.05, 0) is 30.3 Å². The Morgan fingerprint density at radius 1 is 1.15 bits per heavy atom. The normalized spacial score (nSPS) is 11.0. The second kappa shape index (κ2) is 8.92. The second-order valence-corrected chi connectivity index (χ2v) is 6.00. The van der Waals surface area contributed by atoms with E-state index in [1.165, 1.54) is 0 Å². The zero-order valence-corrected chi connectivity index (χ0v) is 15.0. The number of rotatable bonds is 6. The lowest BCUT2D eigenvalue weighted by Gasteiger charge is -2.10. The maximum Gasteiger partial charge on any atom is 0.422 e. The molecule has 0 aliphatic carbocycles. The van der Waals surface area contributed by atoms with Gasteiger partial charge in [-0.3, -0.25) is 9.59 Å². The number of carbonyl (C=O) groups is 2. The number of nitrogens with zero attached hydrogens (tertiary/aromatic N) is 1. The Balaban J connectivity index is 1.88. The average molecular weight is 422 g/mol. The summed E-state index contributed by atoms with van der Waals surface area (Å²) in [4.78, 5) is 27.4. The van der Waals surface area contributed by atoms with E-state index in [1.54, 1.807) is 24.3 Å². The van der Waals surface area contributed by atoms with Crippen LogP contribution in [0.3, 0.4) is 0 Å². The van der Waals surface area contributed by atoms with E-state index in [0.29, 0.717) is 10.7 Å². The topological polar surface area (TPSA) is 80.3 Å². The Kier molecular flexibility index (Phi) is 6.86. The van der Waals surface area contributed by atoms with Crippen LogP contribution in [0.25, 0.3) is 0 Å². The molecule has 0 radical (unpaired) electrons. The van der Waals surface area contributed by atoms with Crippen molar-refractivity contribution in [2.24, 2.45) is 0 Å². The molecule has 0 spiro atoms. The third kappa shape index (κ3) is 6.95. The van der Waals surface area contributed by atoms with Crippen molar-refractivity contribution in [1.29, 1.82) is 0 Å². The van der Waals surface area contributed by atoms with Crippen LogP contribution in [0.5, 0.6) is 5.88 Å². The minimum absolute atomic E-state index is 0.0429. The predicted octanol–water partition coefficient (Wildman–Crippen LogP) is 3.70. The molecule has 6 nitrogen and oxygen atoms in total. The van der Waals surface area contributed by atoms with Gasteiger partial charge in [-0.15, -0.1) is 0 Å². The van der Waals surface area contributed by atoms with Gasteiger partial charge in [0, 0.05) is 16.9 Å². The molecule has 11 heteroatoms. The van der Waals surface area contributed by atoms with Crippen molar-refractivity contribution in [3.8, 4) is 5.88 Å². The molecule has 0 saturated heterocycles. The average Bonchev–Trinajstić information content (AvgIpc) is 2.59. The number of pyridine rings is 1. The largest absolute Gasteiger partial charge is 0.467 e. The standard InChI is InChI=1S/C16H12Cl2F3N3O3/c17-10-1-3-11(4-2-10)24-13(25)7-22-14(26)9-5-12(18)15(23-6-9)27-8-16(19,20)21/h1-6H,7-8H2,(H,22,26)(H,24,25). The summed E-state index contributed by atoms with van der Waals surface area (Å²) in [5.41, 5.74) is 0.452. The molecule has 0 bridgehead atoms. The van der Waals surface area contributed by atoms with Crippen LogP contribution in [0.4, 0.5) is 18.9 Å². The monoisotopic (exact) mass is 421 g/mol. The molecule has 0 aliphatic rings. The van der Waals surface area contributed by atoms with Crippen LogP contribution >= 0.6 is 23.2 Å². The van der Waals surface area contributed by atoms with Crippen LogP contribution in [-0.4, -0.2) is 36.1 Å². The number of benzene rings is 1. The van der Waals surface area contributed by atoms with Gasteiger partial charge in [0.05, 0.1) is 12.1 Å². The highest BCUT2D eigenvalue weighted by atomic mass is 35.5. The van der Waals surface area contributed by atoms with Gasteiger partial charge in [0.2, 0.25) is 11.8 Å². The Morgan fingerprint density at radius 3 is 2.41 bits per heavy atom. The molecule has 0 aliphatic heterocycles. The van der Waals surface area contributed by atoms with Crippen molar-refractivity contribution in [2.75, 3.05) is 18.5 Å². The summed E-state index contributed by atoms with van der Waals surface area (Å²) in [7, 11) is 0. The van der Waals surface area contributed by atoms with Crippen molar-refractivity contribution in [2.45, 2.75) is 6.18 Å². The van der Waals surface area contributed by atoms with E-state index in [1.807, 2.05) is 0 Å². The summed E-state index contributed by atoms with van der Waals surface area (Å²) in [6.07, 6.45) is -3.55. The lowest BCUT2D eigenvalue weighted by atomic mass is 10.2. The minimum atomic E-state index is -4.54. The number of ether oxygens (including phenoxy) is 1. The van der Waals surface area contributed by atoms with Gasteiger partial charge in [-0.2, -0.15) is 13.2 Å². The fraction of sp³-hybridized carbons (Fsp3) is 0.188. The van der Waals surface area contributed by atoms with E-state index in [9.17, 15) is 22.8 Å². The van der Waals surface area contributed by atoms with E-state index >= 15 is 0 Å². The molecule has 2 N–H and O–H groups in total. The SMILES string of the molecule is O=C(CNC(=O)c1cnc(OCC(F)(F)F)c(Cl)c1)Nc1ccc(Cl)cc1. The highest BCUT2D eigenvalue weighted by molar-refractivity contribution is 6.32. The molecular weight excluding hydrogens is 410 g/mol. The quantitative estimate of drug-likeness (QED) is 0.744. The number of aromatic nitrogens is 1. The first kappa shape index (κ1) is 20.8. The summed E-state index contributed by atoms with van der Waals surface area (Å²) < 4.78 is 40.8. The number of alkyl halides is 3. The number of nitrogens with one attached hydrogen (secondary N) is 2. The van der Waals surface area contributed by atoms with Gasteiger partial charge in [-0.25, -0.2) is 4.98 Å². The van der Waals surface area contributed by atoms with Gasteiger partial charge in [0.15, 0.2) is 6.61 Å². The maximum atomic E-state index is 12.1. The van der Waals surface area contributed by atoms with Crippen molar-refractivity contribution in [3.63, 3.8) is 0 Å². The highest BCUT2D eigenvalue weighted by Gasteiger charge is 2.29. The zero-order valence-electron chi connectivity index (χ0n) is 13.4. The molecule has 0 atom stereocenters. The van der Waals surface area contributed by atoms with Crippen molar-refractivity contribution < 1.29 is 27.5 Å². The van der Waals surface area contributed by atoms with Crippen LogP contribution < -0.4 is 15.4 Å². The molecule has 27 heavy (non-hydrogen) atoms. The molecule has 0 unspecified atom stereocenters. The van der Waals surface area contributed by atoms with Crippen molar-refractivity contribution in [1.82, 2.24) is 10.3 Å². The van der Waals surface area contributed by atoms with Crippen molar-refractivity contribution in [3.05, 3.63) is 52.1 Å². The Morgan fingerprint density at radius 2 is 1.81 bits per heavy atom. The van der Waals surface area contributed by atoms with E-state index in [0.717, 1.165) is 12.3 Å². The Labute approximate surface area is 161 Å². The summed E-state index contributed by atoms with van der Waals surface area (Å²) in [6, 6.07) is 7.45. The first-order valence-corrected chi connectivity index (χ1v) is 8.08. The first-order chi connectivity index (χ1) is 12.6. The van der Waals surface area contributed by atoms with Gasteiger partial charge in [0.1, 0.15) is 5.02 Å². The molecule has 2 amide bonds. The van der Waals surface area contributed by atoms with Crippen LogP contribution in [0.15, 0.2) is 36.5 Å². The molecule has 1 aromatic carbocycles. The Hall–Kier alpha value is -2.52. The number of carbonyl (C=O) groups excluding carboxylic acids is 2. The molecule has 1 heterocycles. The molecule has 2 aromatic rings. The second-order valence-electron chi connectivity index (χ2n) is 5.15. The van der Waals surface area contributed by atoms with Gasteiger partial charge < -0.3 is 15.4 Å². The van der Waals surface area contributed by atoms with Gasteiger partial charge >= 0.3 is 6.18 Å². The number of anilines is 1. The van der Waals surface area contributed by atoms with Crippen molar-refractivity contribution >= 4 is 40.7 Å². The molecular formula is C16H12Cl2F3N3O3. The highest BCUT2D eigenvalue weighted by Crippen LogP contribution is 2.25. The van der Waals surface area contributed by atoms with E-state index in [-0.39, 0.29) is 17.1 Å². The predicted molar refractivity (Wildman–Crippen MR) is 93.2 cm³/mol. The fourth-order valence-corrected chi connectivity index (χ4v) is 2.15. The van der Waals surface area contributed by atoms with Gasteiger partial charge in [0.25, 0.3) is 5.91 Å². The number of amides is 2. The van der Waals surface area contributed by atoms with E-state index in [4.69, 9.17) is 23.2 Å². The molecule has 144 valence electrons. The lowest BCUT2D eigenvalue weighted by molar-refractivity contribution is -0.154. The maximum absolute atomic E-state index is 12.1. The third-order valence-electron chi connectivity index (χ3n) is 2.98. The lowest BCUT2D eigenvalue weighted by Crippen LogP contribution is -2.32. The summed E-state index contributed by atoms with van der Waals surface area (Å²) in [5, 5.41) is 5.13. The summed E-state index contributed by atoms with van der Waals surface area (Å²) in [6.45, 7) is -1.90. The van der Waals surface area contributed by atoms with Crippen LogP contribution in [0, 0.1) is 0 Å². The minimum Gasteiger partial charge on any atom is -0.467 e. The first-order valence-electron chi connectivity index (χ1n) is 7.33. The van der Waals surface area contributed by atoms with E-state index < -0.39 is 30.5 Å². The molecule has 2 rings (SSSR count). The number of hydrogen-bond donors (Lipinski definition) is 2. The van der Waals surface area contributed by atoms with Crippen LogP contribution in [0.1, 0.15) is 10.4 Å². The molecule has 0 fully saturated rings. The van der Waals surface area contributed by atoms with Gasteiger partial charge in [-0.1, -0.05) is 23.2 Å². The Bertz CT molecular complexity index is 830. The molecule has 0 saturated carbocycles. The van der Waals surface area contributed by atoms with Crippen LogP contribution in [-0.2, 0) is 4.79 Å². The molecule has 1 aromatic heterocycles. The smallest absolute Gasteiger partial charge is 0.422 e. The summed E-state index contributed by atoms with van der Waals surface area (Å²) in [5.74, 6) is -1.63.